The number of carbonyl (C=O) groups is 2. The third kappa shape index (κ3) is 5.39. The maximum absolute atomic E-state index is 14.1. The van der Waals surface area contributed by atoms with Gasteiger partial charge in [-0.05, 0) is 37.3 Å². The van der Waals surface area contributed by atoms with E-state index in [1.165, 1.54) is 17.0 Å². The third-order valence-corrected chi connectivity index (χ3v) is 6.39. The molecule has 204 valence electrons. The molecule has 0 spiro atoms. The topological polar surface area (TPSA) is 152 Å². The lowest BCUT2D eigenvalue weighted by Gasteiger charge is -2.20. The SMILES string of the molecule is C=CC(=O)NCCC#Cc1cccc2nc(C(C)NC(=O)c3c(N)nc[n+]4cc[nH]c34)n(-c3ccccc3)c(=O)c12. The first-order chi connectivity index (χ1) is 19.9. The van der Waals surface area contributed by atoms with Crippen LogP contribution in [0.4, 0.5) is 5.82 Å². The van der Waals surface area contributed by atoms with Crippen molar-refractivity contribution in [3.63, 3.8) is 0 Å². The van der Waals surface area contributed by atoms with Gasteiger partial charge in [-0.15, -0.1) is 0 Å². The molecule has 0 aliphatic carbocycles. The first kappa shape index (κ1) is 26.8. The van der Waals surface area contributed by atoms with Crippen molar-refractivity contribution in [2.75, 3.05) is 12.3 Å². The second-order valence-electron chi connectivity index (χ2n) is 9.11. The fourth-order valence-corrected chi connectivity index (χ4v) is 4.46. The largest absolute Gasteiger partial charge is 0.369 e. The molecule has 0 aliphatic rings. The molecule has 5 rings (SSSR count). The number of hydrogen-bond acceptors (Lipinski definition) is 6. The van der Waals surface area contributed by atoms with Crippen molar-refractivity contribution in [2.45, 2.75) is 19.4 Å². The number of nitrogen functional groups attached to an aromatic ring is 1. The van der Waals surface area contributed by atoms with Gasteiger partial charge in [-0.1, -0.05) is 47.7 Å². The fourth-order valence-electron chi connectivity index (χ4n) is 4.46. The van der Waals surface area contributed by atoms with Crippen LogP contribution in [0.5, 0.6) is 0 Å². The Morgan fingerprint density at radius 2 is 2.02 bits per heavy atom. The maximum Gasteiger partial charge on any atom is 0.267 e. The number of imidazole rings is 1. The molecule has 3 aromatic heterocycles. The minimum absolute atomic E-state index is 0.0661. The summed E-state index contributed by atoms with van der Waals surface area (Å²) in [4.78, 5) is 50.8. The molecule has 5 N–H and O–H groups in total. The molecule has 0 saturated carbocycles. The molecule has 0 fully saturated rings. The zero-order chi connectivity index (χ0) is 28.9. The monoisotopic (exact) mass is 547 g/mol. The van der Waals surface area contributed by atoms with E-state index in [0.717, 1.165) is 0 Å². The molecule has 5 aromatic rings. The van der Waals surface area contributed by atoms with Gasteiger partial charge in [0.05, 0.1) is 28.8 Å². The average Bonchev–Trinajstić information content (AvgIpc) is 3.45. The third-order valence-electron chi connectivity index (χ3n) is 6.39. The first-order valence-electron chi connectivity index (χ1n) is 12.8. The lowest BCUT2D eigenvalue weighted by Crippen LogP contribution is -2.35. The van der Waals surface area contributed by atoms with Crippen LogP contribution < -0.4 is 26.3 Å². The average molecular weight is 548 g/mol. The first-order valence-corrected chi connectivity index (χ1v) is 12.8. The summed E-state index contributed by atoms with van der Waals surface area (Å²) in [5, 5.41) is 5.95. The number of nitrogens with zero attached hydrogens (tertiary/aromatic N) is 4. The van der Waals surface area contributed by atoms with Crippen molar-refractivity contribution in [1.29, 1.82) is 0 Å². The Labute approximate surface area is 234 Å². The Morgan fingerprint density at radius 1 is 1.22 bits per heavy atom. The zero-order valence-electron chi connectivity index (χ0n) is 22.2. The van der Waals surface area contributed by atoms with Crippen LogP contribution in [0.3, 0.4) is 0 Å². The number of aromatic amines is 1. The van der Waals surface area contributed by atoms with Gasteiger partial charge in [0.2, 0.25) is 23.7 Å². The van der Waals surface area contributed by atoms with E-state index in [-0.39, 0.29) is 22.8 Å². The quantitative estimate of drug-likeness (QED) is 0.106. The van der Waals surface area contributed by atoms with Crippen LogP contribution in [0.25, 0.3) is 22.2 Å². The molecule has 0 saturated heterocycles. The van der Waals surface area contributed by atoms with Crippen LogP contribution in [0.2, 0.25) is 0 Å². The standard InChI is InChI=1S/C30H26N8O3/c1-3-23(39)32-15-8-7-10-20-11-9-14-22-24(20)30(41)38(21-12-5-4-6-13-21)27(36-22)19(2)35-29(40)25-26(31)34-18-37-17-16-33-28(25)37/h3-6,9,11-14,16-19H,1,8,15H2,2H3,(H4,31,32,33,35,39,40)/p+1. The van der Waals surface area contributed by atoms with Gasteiger partial charge in [0, 0.05) is 18.5 Å². The highest BCUT2D eigenvalue weighted by Gasteiger charge is 2.26. The molecule has 0 radical (unpaired) electrons. The van der Waals surface area contributed by atoms with Gasteiger partial charge in [0.1, 0.15) is 12.0 Å². The number of amides is 2. The molecule has 11 nitrogen and oxygen atoms in total. The number of carbonyl (C=O) groups excluding carboxylic acids is 2. The Kier molecular flexibility index (Phi) is 7.56. The van der Waals surface area contributed by atoms with Gasteiger partial charge in [-0.3, -0.25) is 23.9 Å². The van der Waals surface area contributed by atoms with Crippen LogP contribution >= 0.6 is 0 Å². The number of rotatable bonds is 7. The summed E-state index contributed by atoms with van der Waals surface area (Å²) >= 11 is 0. The molecule has 41 heavy (non-hydrogen) atoms. The highest BCUT2D eigenvalue weighted by atomic mass is 16.2. The van der Waals surface area contributed by atoms with E-state index in [0.29, 0.717) is 46.6 Å². The van der Waals surface area contributed by atoms with Gasteiger partial charge in [0.25, 0.3) is 11.5 Å². The van der Waals surface area contributed by atoms with Crippen molar-refractivity contribution >= 4 is 34.2 Å². The lowest BCUT2D eigenvalue weighted by atomic mass is 10.1. The lowest BCUT2D eigenvalue weighted by molar-refractivity contribution is -0.513. The molecule has 2 aromatic carbocycles. The van der Waals surface area contributed by atoms with Crippen molar-refractivity contribution < 1.29 is 14.0 Å². The van der Waals surface area contributed by atoms with Gasteiger partial charge >= 0.3 is 0 Å². The highest BCUT2D eigenvalue weighted by Crippen LogP contribution is 2.21. The van der Waals surface area contributed by atoms with E-state index in [4.69, 9.17) is 10.7 Å². The molecule has 0 aliphatic heterocycles. The second-order valence-corrected chi connectivity index (χ2v) is 9.11. The number of benzene rings is 2. The number of anilines is 1. The summed E-state index contributed by atoms with van der Waals surface area (Å²) in [5.41, 5.74) is 7.94. The molecule has 3 heterocycles. The summed E-state index contributed by atoms with van der Waals surface area (Å²) in [6, 6.07) is 13.6. The van der Waals surface area contributed by atoms with Crippen LogP contribution in [-0.4, -0.2) is 37.9 Å². The Balaban J connectivity index is 1.56. The molecule has 2 amide bonds. The second kappa shape index (κ2) is 11.5. The number of para-hydroxylation sites is 1. The smallest absolute Gasteiger partial charge is 0.267 e. The van der Waals surface area contributed by atoms with Crippen LogP contribution in [0.1, 0.15) is 41.1 Å². The summed E-state index contributed by atoms with van der Waals surface area (Å²) in [6.45, 7) is 5.52. The minimum atomic E-state index is -0.697. The van der Waals surface area contributed by atoms with Gasteiger partial charge < -0.3 is 16.4 Å². The molecule has 0 bridgehead atoms. The predicted molar refractivity (Wildman–Crippen MR) is 154 cm³/mol. The molecule has 1 unspecified atom stereocenters. The summed E-state index contributed by atoms with van der Waals surface area (Å²) in [7, 11) is 0. The number of nitrogens with one attached hydrogen (secondary N) is 3. The Bertz CT molecular complexity index is 1920. The minimum Gasteiger partial charge on any atom is -0.369 e. The van der Waals surface area contributed by atoms with Crippen molar-refractivity contribution in [3.05, 3.63) is 107 Å². The highest BCUT2D eigenvalue weighted by molar-refractivity contribution is 6.03. The molecule has 11 heteroatoms. The zero-order valence-corrected chi connectivity index (χ0v) is 22.2. The van der Waals surface area contributed by atoms with Gasteiger partial charge in [-0.2, -0.15) is 0 Å². The Morgan fingerprint density at radius 3 is 2.80 bits per heavy atom. The van der Waals surface area contributed by atoms with Crippen molar-refractivity contribution in [2.24, 2.45) is 0 Å². The number of H-pyrrole nitrogens is 1. The number of aromatic nitrogens is 5. The van der Waals surface area contributed by atoms with Crippen LogP contribution in [0.15, 0.2) is 84.7 Å². The molecular formula is C30H27N8O3+. The van der Waals surface area contributed by atoms with E-state index in [1.807, 2.05) is 18.2 Å². The number of hydrogen-bond donors (Lipinski definition) is 4. The van der Waals surface area contributed by atoms with Crippen LogP contribution in [-0.2, 0) is 4.79 Å². The van der Waals surface area contributed by atoms with E-state index in [9.17, 15) is 14.4 Å². The van der Waals surface area contributed by atoms with Crippen molar-refractivity contribution in [1.82, 2.24) is 30.2 Å². The van der Waals surface area contributed by atoms with E-state index < -0.39 is 11.9 Å². The van der Waals surface area contributed by atoms with E-state index in [1.54, 1.807) is 54.0 Å². The van der Waals surface area contributed by atoms with Gasteiger partial charge in [-0.25, -0.2) is 9.38 Å². The number of fused-ring (bicyclic) bond motifs is 2. The molecular weight excluding hydrogens is 520 g/mol. The summed E-state index contributed by atoms with van der Waals surface area (Å²) in [5.74, 6) is 5.70. The van der Waals surface area contributed by atoms with Crippen LogP contribution in [0, 0.1) is 11.8 Å². The normalized spacial score (nSPS) is 11.4. The summed E-state index contributed by atoms with van der Waals surface area (Å²) < 4.78 is 3.13. The number of nitrogens with two attached hydrogens (primary N) is 1. The molecule has 1 atom stereocenters. The van der Waals surface area contributed by atoms with Crippen molar-refractivity contribution in [3.8, 4) is 17.5 Å². The van der Waals surface area contributed by atoms with E-state index in [2.05, 4.69) is 39.0 Å². The predicted octanol–water partition coefficient (Wildman–Crippen LogP) is 1.96. The van der Waals surface area contributed by atoms with Gasteiger partial charge in [0.15, 0.2) is 5.56 Å². The maximum atomic E-state index is 14.1. The van der Waals surface area contributed by atoms with E-state index >= 15 is 0 Å². The summed E-state index contributed by atoms with van der Waals surface area (Å²) in [6.07, 6.45) is 6.49. The fraction of sp³-hybridized carbons (Fsp3) is 0.133. The Hall–Kier alpha value is -5.76.